The summed E-state index contributed by atoms with van der Waals surface area (Å²) in [6.45, 7) is 1.77. The first-order chi connectivity index (χ1) is 11.0. The summed E-state index contributed by atoms with van der Waals surface area (Å²) < 4.78 is 0. The highest BCUT2D eigenvalue weighted by atomic mass is 35.5. The summed E-state index contributed by atoms with van der Waals surface area (Å²) in [4.78, 5) is 27.4. The third-order valence-electron chi connectivity index (χ3n) is 4.27. The van der Waals surface area contributed by atoms with E-state index in [1.165, 1.54) is 6.07 Å². The maximum Gasteiger partial charge on any atom is 0.308 e. The van der Waals surface area contributed by atoms with Crippen molar-refractivity contribution in [1.29, 1.82) is 0 Å². The van der Waals surface area contributed by atoms with Crippen molar-refractivity contribution < 1.29 is 9.90 Å². The summed E-state index contributed by atoms with van der Waals surface area (Å²) in [5, 5.41) is 10.2. The van der Waals surface area contributed by atoms with Gasteiger partial charge in [0.25, 0.3) is 0 Å². The number of hydrogen-bond donors (Lipinski definition) is 2. The van der Waals surface area contributed by atoms with E-state index in [4.69, 9.17) is 11.6 Å². The molecule has 0 unspecified atom stereocenters. The molecule has 2 heterocycles. The third-order valence-corrected chi connectivity index (χ3v) is 4.52. The van der Waals surface area contributed by atoms with Crippen molar-refractivity contribution in [3.8, 4) is 0 Å². The fourth-order valence-electron chi connectivity index (χ4n) is 3.11. The minimum Gasteiger partial charge on any atom is -0.481 e. The highest BCUT2D eigenvalue weighted by Gasteiger charge is 2.38. The van der Waals surface area contributed by atoms with E-state index in [-0.39, 0.29) is 11.5 Å². The molecule has 5 nitrogen and oxygen atoms in total. The van der Waals surface area contributed by atoms with Crippen LogP contribution in [0, 0.1) is 5.92 Å². The number of carboxylic acid groups (broad SMARTS) is 1. The molecule has 0 radical (unpaired) electrons. The van der Waals surface area contributed by atoms with Crippen LogP contribution < -0.4 is 5.56 Å². The first kappa shape index (κ1) is 15.8. The van der Waals surface area contributed by atoms with Gasteiger partial charge in [-0.15, -0.1) is 0 Å². The van der Waals surface area contributed by atoms with E-state index in [2.05, 4.69) is 9.88 Å². The van der Waals surface area contributed by atoms with Gasteiger partial charge in [0.2, 0.25) is 5.56 Å². The van der Waals surface area contributed by atoms with Crippen LogP contribution in [0.2, 0.25) is 5.02 Å². The third kappa shape index (κ3) is 3.63. The van der Waals surface area contributed by atoms with Crippen LogP contribution >= 0.6 is 11.6 Å². The lowest BCUT2D eigenvalue weighted by Gasteiger charge is -2.16. The summed E-state index contributed by atoms with van der Waals surface area (Å²) in [7, 11) is 0. The molecular weight excluding hydrogens is 316 g/mol. The summed E-state index contributed by atoms with van der Waals surface area (Å²) >= 11 is 5.91. The standard InChI is InChI=1S/C17H17ClN2O3/c18-13-4-2-12(3-5-13)14-9-20(10-15(14)17(22)23)8-11-1-6-16(21)19-7-11/h1-7,14-15H,8-10H2,(H,19,21)(H,22,23)/t14-,15+/m0/s1. The van der Waals surface area contributed by atoms with Crippen LogP contribution in [0.25, 0.3) is 0 Å². The predicted molar refractivity (Wildman–Crippen MR) is 87.7 cm³/mol. The van der Waals surface area contributed by atoms with Crippen molar-refractivity contribution in [3.63, 3.8) is 0 Å². The number of hydrogen-bond acceptors (Lipinski definition) is 3. The highest BCUT2D eigenvalue weighted by molar-refractivity contribution is 6.30. The number of carboxylic acids is 1. The van der Waals surface area contributed by atoms with Gasteiger partial charge in [0, 0.05) is 42.8 Å². The maximum atomic E-state index is 11.6. The number of aromatic amines is 1. The Morgan fingerprint density at radius 2 is 1.96 bits per heavy atom. The number of H-pyrrole nitrogens is 1. The van der Waals surface area contributed by atoms with Crippen molar-refractivity contribution in [2.75, 3.05) is 13.1 Å². The fourth-order valence-corrected chi connectivity index (χ4v) is 3.24. The summed E-state index contributed by atoms with van der Waals surface area (Å²) in [5.74, 6) is -1.29. The Hall–Kier alpha value is -2.11. The Kier molecular flexibility index (Phi) is 4.50. The number of benzene rings is 1. The van der Waals surface area contributed by atoms with Crippen LogP contribution in [0.15, 0.2) is 47.4 Å². The van der Waals surface area contributed by atoms with Crippen molar-refractivity contribution in [2.45, 2.75) is 12.5 Å². The zero-order chi connectivity index (χ0) is 16.4. The Labute approximate surface area is 138 Å². The number of carbonyl (C=O) groups is 1. The monoisotopic (exact) mass is 332 g/mol. The van der Waals surface area contributed by atoms with Crippen LogP contribution in [0.1, 0.15) is 17.0 Å². The molecule has 0 bridgehead atoms. The molecule has 120 valence electrons. The normalized spacial score (nSPS) is 21.4. The summed E-state index contributed by atoms with van der Waals surface area (Å²) in [6, 6.07) is 10.6. The first-order valence-electron chi connectivity index (χ1n) is 7.41. The van der Waals surface area contributed by atoms with Gasteiger partial charge in [-0.3, -0.25) is 14.5 Å². The van der Waals surface area contributed by atoms with Gasteiger partial charge in [-0.05, 0) is 23.3 Å². The molecule has 1 aliphatic rings. The van der Waals surface area contributed by atoms with Crippen molar-refractivity contribution >= 4 is 17.6 Å². The fraction of sp³-hybridized carbons (Fsp3) is 0.294. The molecular formula is C17H17ClN2O3. The molecule has 2 aromatic rings. The smallest absolute Gasteiger partial charge is 0.308 e. The van der Waals surface area contributed by atoms with Gasteiger partial charge in [-0.25, -0.2) is 0 Å². The minimum absolute atomic E-state index is 0.0625. The van der Waals surface area contributed by atoms with Crippen molar-refractivity contribution in [2.24, 2.45) is 5.92 Å². The maximum absolute atomic E-state index is 11.6. The molecule has 0 amide bonds. The molecule has 0 aliphatic carbocycles. The van der Waals surface area contributed by atoms with Crippen molar-refractivity contribution in [3.05, 3.63) is 69.1 Å². The zero-order valence-electron chi connectivity index (χ0n) is 12.4. The molecule has 1 fully saturated rings. The lowest BCUT2D eigenvalue weighted by molar-refractivity contribution is -0.141. The van der Waals surface area contributed by atoms with Gasteiger partial charge < -0.3 is 10.1 Å². The van der Waals surface area contributed by atoms with Crippen molar-refractivity contribution in [1.82, 2.24) is 9.88 Å². The van der Waals surface area contributed by atoms with E-state index < -0.39 is 11.9 Å². The molecule has 0 spiro atoms. The molecule has 2 N–H and O–H groups in total. The number of aliphatic carboxylic acids is 1. The van der Waals surface area contributed by atoms with E-state index in [0.717, 1.165) is 11.1 Å². The van der Waals surface area contributed by atoms with E-state index in [9.17, 15) is 14.7 Å². The quantitative estimate of drug-likeness (QED) is 0.901. The highest BCUT2D eigenvalue weighted by Crippen LogP contribution is 2.34. The van der Waals surface area contributed by atoms with Gasteiger partial charge >= 0.3 is 5.97 Å². The molecule has 2 atom stereocenters. The number of rotatable bonds is 4. The van der Waals surface area contributed by atoms with Gasteiger partial charge in [0.15, 0.2) is 0 Å². The Balaban J connectivity index is 1.77. The minimum atomic E-state index is -0.783. The predicted octanol–water partition coefficient (Wildman–Crippen LogP) is 2.33. The number of nitrogens with one attached hydrogen (secondary N) is 1. The van der Waals surface area contributed by atoms with Gasteiger partial charge in [-0.2, -0.15) is 0 Å². The van der Waals surface area contributed by atoms with Crippen LogP contribution in [-0.2, 0) is 11.3 Å². The van der Waals surface area contributed by atoms with Gasteiger partial charge in [-0.1, -0.05) is 29.8 Å². The van der Waals surface area contributed by atoms with E-state index in [1.54, 1.807) is 24.4 Å². The lowest BCUT2D eigenvalue weighted by atomic mass is 9.89. The topological polar surface area (TPSA) is 73.4 Å². The molecule has 1 aromatic carbocycles. The summed E-state index contributed by atoms with van der Waals surface area (Å²) in [6.07, 6.45) is 1.67. The molecule has 1 aliphatic heterocycles. The molecule has 1 aromatic heterocycles. The molecule has 1 saturated heterocycles. The van der Waals surface area contributed by atoms with Crippen LogP contribution in [0.4, 0.5) is 0 Å². The second kappa shape index (κ2) is 6.56. The van der Waals surface area contributed by atoms with Crippen LogP contribution in [-0.4, -0.2) is 34.0 Å². The van der Waals surface area contributed by atoms with Gasteiger partial charge in [0.1, 0.15) is 0 Å². The Morgan fingerprint density at radius 3 is 2.57 bits per heavy atom. The number of aromatic nitrogens is 1. The first-order valence-corrected chi connectivity index (χ1v) is 7.79. The largest absolute Gasteiger partial charge is 0.481 e. The zero-order valence-corrected chi connectivity index (χ0v) is 13.2. The Morgan fingerprint density at radius 1 is 1.22 bits per heavy atom. The second-order valence-electron chi connectivity index (χ2n) is 5.86. The number of halogens is 1. The number of nitrogens with zero attached hydrogens (tertiary/aromatic N) is 1. The molecule has 0 saturated carbocycles. The van der Waals surface area contributed by atoms with Gasteiger partial charge in [0.05, 0.1) is 5.92 Å². The molecule has 6 heteroatoms. The lowest BCUT2D eigenvalue weighted by Crippen LogP contribution is -2.23. The number of pyridine rings is 1. The molecule has 23 heavy (non-hydrogen) atoms. The van der Waals surface area contributed by atoms with E-state index in [0.29, 0.717) is 24.7 Å². The van der Waals surface area contributed by atoms with Crippen LogP contribution in [0.5, 0.6) is 0 Å². The molecule has 3 rings (SSSR count). The van der Waals surface area contributed by atoms with E-state index in [1.807, 2.05) is 12.1 Å². The second-order valence-corrected chi connectivity index (χ2v) is 6.29. The summed E-state index contributed by atoms with van der Waals surface area (Å²) in [5.41, 5.74) is 1.81. The van der Waals surface area contributed by atoms with Crippen LogP contribution in [0.3, 0.4) is 0 Å². The number of likely N-dealkylation sites (tertiary alicyclic amines) is 1. The average molecular weight is 333 g/mol. The average Bonchev–Trinajstić information content (AvgIpc) is 2.94. The Bertz CT molecular complexity index is 737. The van der Waals surface area contributed by atoms with E-state index >= 15 is 0 Å². The SMILES string of the molecule is O=C(O)[C@@H]1CN(Cc2ccc(=O)[nH]c2)C[C@H]1c1ccc(Cl)cc1.